The molecular formula is C21H22N2O7S. The topological polar surface area (TPSA) is 111 Å². The van der Waals surface area contributed by atoms with E-state index in [-0.39, 0.29) is 28.9 Å². The molecule has 31 heavy (non-hydrogen) atoms. The molecule has 1 fully saturated rings. The highest BCUT2D eigenvalue weighted by Gasteiger charge is 2.32. The molecule has 2 aromatic rings. The molecule has 2 aliphatic rings. The normalized spacial score (nSPS) is 18.4. The van der Waals surface area contributed by atoms with Crippen LogP contribution in [0.25, 0.3) is 0 Å². The summed E-state index contributed by atoms with van der Waals surface area (Å²) in [6.07, 6.45) is -0.786. The van der Waals surface area contributed by atoms with Crippen LogP contribution in [0.2, 0.25) is 0 Å². The Kier molecular flexibility index (Phi) is 5.84. The van der Waals surface area contributed by atoms with E-state index >= 15 is 0 Å². The average molecular weight is 446 g/mol. The number of ether oxygens (including phenoxy) is 3. The number of carbonyl (C=O) groups is 2. The number of fused-ring (bicyclic) bond motifs is 1. The van der Waals surface area contributed by atoms with Crippen LogP contribution in [0.3, 0.4) is 0 Å². The minimum Gasteiger partial charge on any atom is -0.485 e. The summed E-state index contributed by atoms with van der Waals surface area (Å²) in [7, 11) is -3.89. The van der Waals surface area contributed by atoms with Crippen molar-refractivity contribution < 1.29 is 32.2 Å². The fraction of sp³-hybridized carbons (Fsp3) is 0.333. The van der Waals surface area contributed by atoms with Gasteiger partial charge in [0.1, 0.15) is 6.61 Å². The molecule has 0 unspecified atom stereocenters. The van der Waals surface area contributed by atoms with Gasteiger partial charge in [0.25, 0.3) is 15.9 Å². The maximum atomic E-state index is 12.7. The molecule has 2 aliphatic heterocycles. The lowest BCUT2D eigenvalue weighted by Gasteiger charge is -2.32. The summed E-state index contributed by atoms with van der Waals surface area (Å²) in [6, 6.07) is 10.4. The first kappa shape index (κ1) is 21.1. The third-order valence-electron chi connectivity index (χ3n) is 5.03. The number of nitrogens with zero attached hydrogens (tertiary/aromatic N) is 1. The van der Waals surface area contributed by atoms with Gasteiger partial charge in [0.2, 0.25) is 6.10 Å². The number of amides is 1. The van der Waals surface area contributed by atoms with E-state index in [9.17, 15) is 18.0 Å². The Morgan fingerprint density at radius 2 is 1.74 bits per heavy atom. The van der Waals surface area contributed by atoms with Crippen LogP contribution in [-0.4, -0.2) is 64.0 Å². The average Bonchev–Trinajstić information content (AvgIpc) is 2.78. The van der Waals surface area contributed by atoms with Gasteiger partial charge in [-0.1, -0.05) is 0 Å². The van der Waals surface area contributed by atoms with Gasteiger partial charge in [0.15, 0.2) is 17.3 Å². The van der Waals surface area contributed by atoms with Gasteiger partial charge in [-0.15, -0.1) is 0 Å². The first-order valence-corrected chi connectivity index (χ1v) is 11.3. The number of Topliss-reactive ketones (excluding diaryl/α,β-unsaturated/α-hetero) is 1. The SMILES string of the molecule is CC(=O)c1ccc(NS(=O)(=O)c2ccc3c(c2)OC[C@H](C(=O)N2CCOCC2)O3)cc1. The smallest absolute Gasteiger partial charge is 0.267 e. The van der Waals surface area contributed by atoms with E-state index in [1.807, 2.05) is 0 Å². The highest BCUT2D eigenvalue weighted by atomic mass is 32.2. The second kappa shape index (κ2) is 8.56. The number of carbonyl (C=O) groups excluding carboxylic acids is 2. The maximum absolute atomic E-state index is 12.7. The molecule has 1 atom stereocenters. The molecule has 164 valence electrons. The van der Waals surface area contributed by atoms with E-state index in [1.165, 1.54) is 37.3 Å². The van der Waals surface area contributed by atoms with Crippen LogP contribution in [0.15, 0.2) is 47.4 Å². The summed E-state index contributed by atoms with van der Waals surface area (Å²) in [6.45, 7) is 3.41. The molecule has 9 nitrogen and oxygen atoms in total. The molecule has 1 saturated heterocycles. The van der Waals surface area contributed by atoms with E-state index in [4.69, 9.17) is 14.2 Å². The second-order valence-corrected chi connectivity index (χ2v) is 8.89. The molecule has 0 radical (unpaired) electrons. The van der Waals surface area contributed by atoms with E-state index < -0.39 is 16.1 Å². The summed E-state index contributed by atoms with van der Waals surface area (Å²) in [5, 5.41) is 0. The van der Waals surface area contributed by atoms with Gasteiger partial charge in [-0.3, -0.25) is 14.3 Å². The highest BCUT2D eigenvalue weighted by molar-refractivity contribution is 7.92. The largest absolute Gasteiger partial charge is 0.485 e. The molecule has 1 amide bonds. The van der Waals surface area contributed by atoms with Crippen LogP contribution < -0.4 is 14.2 Å². The van der Waals surface area contributed by atoms with Gasteiger partial charge < -0.3 is 19.1 Å². The van der Waals surface area contributed by atoms with Crippen LogP contribution in [0.1, 0.15) is 17.3 Å². The van der Waals surface area contributed by atoms with Gasteiger partial charge in [-0.25, -0.2) is 8.42 Å². The molecule has 0 aromatic heterocycles. The van der Waals surface area contributed by atoms with Gasteiger partial charge in [-0.05, 0) is 43.3 Å². The number of ketones is 1. The lowest BCUT2D eigenvalue weighted by molar-refractivity contribution is -0.145. The quantitative estimate of drug-likeness (QED) is 0.696. The number of benzene rings is 2. The predicted octanol–water partition coefficient (Wildman–Crippen LogP) is 1.69. The van der Waals surface area contributed by atoms with Crippen molar-refractivity contribution >= 4 is 27.4 Å². The minimum absolute atomic E-state index is 0.00731. The van der Waals surface area contributed by atoms with Crippen molar-refractivity contribution in [2.75, 3.05) is 37.6 Å². The van der Waals surface area contributed by atoms with Gasteiger partial charge in [0.05, 0.1) is 18.1 Å². The summed E-state index contributed by atoms with van der Waals surface area (Å²) < 4.78 is 44.6. The zero-order chi connectivity index (χ0) is 22.0. The van der Waals surface area contributed by atoms with Crippen molar-refractivity contribution in [3.05, 3.63) is 48.0 Å². The molecule has 0 saturated carbocycles. The Balaban J connectivity index is 1.47. The number of hydrogen-bond donors (Lipinski definition) is 1. The van der Waals surface area contributed by atoms with Gasteiger partial charge in [0, 0.05) is 30.4 Å². The number of morpholine rings is 1. The Morgan fingerprint density at radius 3 is 2.42 bits per heavy atom. The third-order valence-corrected chi connectivity index (χ3v) is 6.41. The van der Waals surface area contributed by atoms with Crippen molar-refractivity contribution in [3.8, 4) is 11.5 Å². The Labute approximate surface area is 179 Å². The maximum Gasteiger partial charge on any atom is 0.267 e. The summed E-state index contributed by atoms with van der Waals surface area (Å²) in [4.78, 5) is 25.6. The van der Waals surface area contributed by atoms with Crippen LogP contribution in [0.4, 0.5) is 5.69 Å². The number of nitrogens with one attached hydrogen (secondary N) is 1. The lowest BCUT2D eigenvalue weighted by Crippen LogP contribution is -2.50. The molecule has 1 N–H and O–H groups in total. The first-order valence-electron chi connectivity index (χ1n) is 9.77. The molecule has 2 aromatic carbocycles. The van der Waals surface area contributed by atoms with Crippen molar-refractivity contribution in [1.29, 1.82) is 0 Å². The number of anilines is 1. The molecule has 0 aliphatic carbocycles. The zero-order valence-corrected chi connectivity index (χ0v) is 17.7. The van der Waals surface area contributed by atoms with Crippen molar-refractivity contribution in [3.63, 3.8) is 0 Å². The molecule has 4 rings (SSSR count). The van der Waals surface area contributed by atoms with Gasteiger partial charge >= 0.3 is 0 Å². The van der Waals surface area contributed by atoms with Crippen molar-refractivity contribution in [2.24, 2.45) is 0 Å². The second-order valence-electron chi connectivity index (χ2n) is 7.20. The fourth-order valence-electron chi connectivity index (χ4n) is 3.31. The van der Waals surface area contributed by atoms with E-state index in [2.05, 4.69) is 4.72 Å². The van der Waals surface area contributed by atoms with Gasteiger partial charge in [-0.2, -0.15) is 0 Å². The van der Waals surface area contributed by atoms with E-state index in [0.717, 1.165) is 0 Å². The molecule has 2 heterocycles. The summed E-state index contributed by atoms with van der Waals surface area (Å²) in [5.74, 6) is 0.274. The third kappa shape index (κ3) is 4.64. The molecule has 0 bridgehead atoms. The van der Waals surface area contributed by atoms with E-state index in [0.29, 0.717) is 43.3 Å². The van der Waals surface area contributed by atoms with Crippen LogP contribution in [-0.2, 0) is 19.6 Å². The lowest BCUT2D eigenvalue weighted by atomic mass is 10.1. The molecule has 10 heteroatoms. The number of sulfonamides is 1. The molecular weight excluding hydrogens is 424 g/mol. The minimum atomic E-state index is -3.89. The van der Waals surface area contributed by atoms with Crippen molar-refractivity contribution in [1.82, 2.24) is 4.90 Å². The van der Waals surface area contributed by atoms with Crippen LogP contribution in [0, 0.1) is 0 Å². The highest BCUT2D eigenvalue weighted by Crippen LogP contribution is 2.34. The summed E-state index contributed by atoms with van der Waals surface area (Å²) in [5.41, 5.74) is 0.819. The zero-order valence-electron chi connectivity index (χ0n) is 16.9. The first-order chi connectivity index (χ1) is 14.8. The predicted molar refractivity (Wildman–Crippen MR) is 111 cm³/mol. The van der Waals surface area contributed by atoms with Crippen LogP contribution in [0.5, 0.6) is 11.5 Å². The number of rotatable bonds is 5. The fourth-order valence-corrected chi connectivity index (χ4v) is 4.39. The standard InChI is InChI=1S/C21H22N2O7S/c1-14(24)15-2-4-16(5-3-15)22-31(26,27)17-6-7-18-19(12-17)29-13-20(30-18)21(25)23-8-10-28-11-9-23/h2-7,12,20,22H,8-11,13H2,1H3/t20-/m1/s1. The van der Waals surface area contributed by atoms with Crippen molar-refractivity contribution in [2.45, 2.75) is 17.9 Å². The Bertz CT molecular complexity index is 1090. The van der Waals surface area contributed by atoms with E-state index in [1.54, 1.807) is 17.0 Å². The number of hydrogen-bond acceptors (Lipinski definition) is 7. The molecule has 0 spiro atoms. The Hall–Kier alpha value is -3.11. The Morgan fingerprint density at radius 1 is 1.03 bits per heavy atom. The summed E-state index contributed by atoms with van der Waals surface area (Å²) >= 11 is 0. The van der Waals surface area contributed by atoms with Crippen LogP contribution >= 0.6 is 0 Å². The monoisotopic (exact) mass is 446 g/mol.